The molecule has 80 valence electrons. The molecule has 0 aliphatic rings. The van der Waals surface area contributed by atoms with Crippen LogP contribution in [0.15, 0.2) is 6.07 Å². The number of ether oxygens (including phenoxy) is 2. The molecule has 0 bridgehead atoms. The molecule has 5 nitrogen and oxygen atoms in total. The number of carbonyl (C=O) groups is 2. The van der Waals surface area contributed by atoms with Gasteiger partial charge in [-0.05, 0) is 18.6 Å². The van der Waals surface area contributed by atoms with Gasteiger partial charge in [0.1, 0.15) is 5.69 Å². The standard InChI is InChI=1S/C10H11NO4/c1-6-4-7(5-12)11-8(9(6)14-2)10(13)15-3/h4-5H,1-3H3. The minimum Gasteiger partial charge on any atom is -0.494 e. The Bertz CT molecular complexity index is 401. The number of carbonyl (C=O) groups excluding carboxylic acids is 2. The molecule has 1 aromatic heterocycles. The Hall–Kier alpha value is -1.91. The quantitative estimate of drug-likeness (QED) is 0.548. The van der Waals surface area contributed by atoms with E-state index in [9.17, 15) is 9.59 Å². The molecule has 0 fully saturated rings. The second-order valence-electron chi connectivity index (χ2n) is 2.86. The monoisotopic (exact) mass is 209 g/mol. The molecule has 1 aromatic rings. The second kappa shape index (κ2) is 4.54. The lowest BCUT2D eigenvalue weighted by atomic mass is 10.2. The number of aldehydes is 1. The zero-order chi connectivity index (χ0) is 11.4. The Morgan fingerprint density at radius 1 is 1.47 bits per heavy atom. The SMILES string of the molecule is COC(=O)c1nc(C=O)cc(C)c1OC. The third-order valence-corrected chi connectivity index (χ3v) is 1.88. The molecular weight excluding hydrogens is 198 g/mol. The van der Waals surface area contributed by atoms with E-state index in [0.29, 0.717) is 17.6 Å². The Morgan fingerprint density at radius 3 is 2.60 bits per heavy atom. The maximum atomic E-state index is 11.3. The summed E-state index contributed by atoms with van der Waals surface area (Å²) < 4.78 is 9.56. The molecule has 0 amide bonds. The molecular formula is C10H11NO4. The molecule has 0 saturated carbocycles. The Morgan fingerprint density at radius 2 is 2.13 bits per heavy atom. The summed E-state index contributed by atoms with van der Waals surface area (Å²) in [6.07, 6.45) is 0.568. The summed E-state index contributed by atoms with van der Waals surface area (Å²) in [6, 6.07) is 1.54. The summed E-state index contributed by atoms with van der Waals surface area (Å²) in [4.78, 5) is 25.7. The van der Waals surface area contributed by atoms with Crippen molar-refractivity contribution in [2.75, 3.05) is 14.2 Å². The van der Waals surface area contributed by atoms with Gasteiger partial charge in [0.15, 0.2) is 17.7 Å². The summed E-state index contributed by atoms with van der Waals surface area (Å²) in [7, 11) is 2.67. The highest BCUT2D eigenvalue weighted by molar-refractivity contribution is 5.92. The van der Waals surface area contributed by atoms with Crippen LogP contribution in [-0.2, 0) is 4.74 Å². The van der Waals surface area contributed by atoms with Crippen molar-refractivity contribution in [3.63, 3.8) is 0 Å². The van der Waals surface area contributed by atoms with E-state index in [1.54, 1.807) is 6.92 Å². The van der Waals surface area contributed by atoms with Crippen LogP contribution in [0.5, 0.6) is 5.75 Å². The second-order valence-corrected chi connectivity index (χ2v) is 2.86. The van der Waals surface area contributed by atoms with Crippen molar-refractivity contribution < 1.29 is 19.1 Å². The highest BCUT2D eigenvalue weighted by Crippen LogP contribution is 2.22. The van der Waals surface area contributed by atoms with Gasteiger partial charge in [0.05, 0.1) is 14.2 Å². The van der Waals surface area contributed by atoms with Crippen molar-refractivity contribution in [1.82, 2.24) is 4.98 Å². The van der Waals surface area contributed by atoms with Gasteiger partial charge in [-0.15, -0.1) is 0 Å². The topological polar surface area (TPSA) is 65.5 Å². The summed E-state index contributed by atoms with van der Waals surface area (Å²) in [5.74, 6) is -0.300. The zero-order valence-corrected chi connectivity index (χ0v) is 8.73. The molecule has 0 aliphatic carbocycles. The highest BCUT2D eigenvalue weighted by atomic mass is 16.5. The van der Waals surface area contributed by atoms with Gasteiger partial charge in [-0.1, -0.05) is 0 Å². The van der Waals surface area contributed by atoms with Gasteiger partial charge in [-0.3, -0.25) is 4.79 Å². The number of pyridine rings is 1. The van der Waals surface area contributed by atoms with Crippen molar-refractivity contribution >= 4 is 12.3 Å². The van der Waals surface area contributed by atoms with Gasteiger partial charge in [0.25, 0.3) is 0 Å². The molecule has 0 spiro atoms. The first-order valence-electron chi connectivity index (χ1n) is 4.23. The minimum atomic E-state index is -0.626. The maximum Gasteiger partial charge on any atom is 0.360 e. The van der Waals surface area contributed by atoms with Gasteiger partial charge in [-0.2, -0.15) is 0 Å². The lowest BCUT2D eigenvalue weighted by Gasteiger charge is -2.09. The van der Waals surface area contributed by atoms with E-state index >= 15 is 0 Å². The average Bonchev–Trinajstić information content (AvgIpc) is 2.26. The molecule has 1 heterocycles. The van der Waals surface area contributed by atoms with Crippen LogP contribution in [0.25, 0.3) is 0 Å². The number of methoxy groups -OCH3 is 2. The predicted octanol–water partition coefficient (Wildman–Crippen LogP) is 0.998. The minimum absolute atomic E-state index is 0.0158. The average molecular weight is 209 g/mol. The summed E-state index contributed by atoms with van der Waals surface area (Å²) >= 11 is 0. The summed E-state index contributed by atoms with van der Waals surface area (Å²) in [5.41, 5.74) is 0.853. The van der Waals surface area contributed by atoms with Gasteiger partial charge in [-0.25, -0.2) is 9.78 Å². The molecule has 0 unspecified atom stereocenters. The number of nitrogens with zero attached hydrogens (tertiary/aromatic N) is 1. The lowest BCUT2D eigenvalue weighted by Crippen LogP contribution is -2.09. The van der Waals surface area contributed by atoms with E-state index in [1.165, 1.54) is 20.3 Å². The van der Waals surface area contributed by atoms with Crippen LogP contribution in [0, 0.1) is 6.92 Å². The van der Waals surface area contributed by atoms with Crippen molar-refractivity contribution in [3.8, 4) is 5.75 Å². The van der Waals surface area contributed by atoms with Gasteiger partial charge in [0, 0.05) is 0 Å². The van der Waals surface area contributed by atoms with Crippen molar-refractivity contribution in [2.45, 2.75) is 6.92 Å². The van der Waals surface area contributed by atoms with Crippen LogP contribution < -0.4 is 4.74 Å². The number of rotatable bonds is 3. The largest absolute Gasteiger partial charge is 0.494 e. The molecule has 0 aromatic carbocycles. The van der Waals surface area contributed by atoms with Crippen LogP contribution in [0.3, 0.4) is 0 Å². The first-order chi connectivity index (χ1) is 7.13. The molecule has 0 atom stereocenters. The smallest absolute Gasteiger partial charge is 0.360 e. The van der Waals surface area contributed by atoms with Crippen LogP contribution >= 0.6 is 0 Å². The van der Waals surface area contributed by atoms with E-state index in [4.69, 9.17) is 4.74 Å². The summed E-state index contributed by atoms with van der Waals surface area (Å²) in [5, 5.41) is 0. The fourth-order valence-corrected chi connectivity index (χ4v) is 1.24. The third-order valence-electron chi connectivity index (χ3n) is 1.88. The molecule has 0 N–H and O–H groups in total. The lowest BCUT2D eigenvalue weighted by molar-refractivity contribution is 0.0589. The molecule has 15 heavy (non-hydrogen) atoms. The number of esters is 1. The van der Waals surface area contributed by atoms with E-state index in [0.717, 1.165) is 0 Å². The highest BCUT2D eigenvalue weighted by Gasteiger charge is 2.18. The Kier molecular flexibility index (Phi) is 3.38. The van der Waals surface area contributed by atoms with Crippen LogP contribution in [0.1, 0.15) is 26.5 Å². The fourth-order valence-electron chi connectivity index (χ4n) is 1.24. The van der Waals surface area contributed by atoms with E-state index in [2.05, 4.69) is 9.72 Å². The molecule has 0 saturated heterocycles. The number of hydrogen-bond acceptors (Lipinski definition) is 5. The zero-order valence-electron chi connectivity index (χ0n) is 8.73. The molecule has 0 aliphatic heterocycles. The van der Waals surface area contributed by atoms with E-state index in [-0.39, 0.29) is 11.4 Å². The molecule has 0 radical (unpaired) electrons. The van der Waals surface area contributed by atoms with Gasteiger partial charge >= 0.3 is 5.97 Å². The first kappa shape index (κ1) is 11.2. The first-order valence-corrected chi connectivity index (χ1v) is 4.23. The Labute approximate surface area is 87.0 Å². The predicted molar refractivity (Wildman–Crippen MR) is 52.3 cm³/mol. The fraction of sp³-hybridized carbons (Fsp3) is 0.300. The normalized spacial score (nSPS) is 9.53. The van der Waals surface area contributed by atoms with Crippen molar-refractivity contribution in [1.29, 1.82) is 0 Å². The van der Waals surface area contributed by atoms with Crippen molar-refractivity contribution in [3.05, 3.63) is 23.0 Å². The van der Waals surface area contributed by atoms with Gasteiger partial charge < -0.3 is 9.47 Å². The van der Waals surface area contributed by atoms with E-state index < -0.39 is 5.97 Å². The van der Waals surface area contributed by atoms with E-state index in [1.807, 2.05) is 0 Å². The number of aryl methyl sites for hydroxylation is 1. The molecule has 1 rings (SSSR count). The molecule has 5 heteroatoms. The van der Waals surface area contributed by atoms with Crippen LogP contribution in [-0.4, -0.2) is 31.5 Å². The maximum absolute atomic E-state index is 11.3. The van der Waals surface area contributed by atoms with Crippen molar-refractivity contribution in [2.24, 2.45) is 0 Å². The number of aromatic nitrogens is 1. The summed E-state index contributed by atoms with van der Waals surface area (Å²) in [6.45, 7) is 1.72. The Balaban J connectivity index is 3.38. The van der Waals surface area contributed by atoms with Gasteiger partial charge in [0.2, 0.25) is 0 Å². The third kappa shape index (κ3) is 2.12. The number of hydrogen-bond donors (Lipinski definition) is 0. The van der Waals surface area contributed by atoms with Crippen LogP contribution in [0.4, 0.5) is 0 Å². The van der Waals surface area contributed by atoms with Crippen LogP contribution in [0.2, 0.25) is 0 Å².